The van der Waals surface area contributed by atoms with Crippen LogP contribution in [0.2, 0.25) is 0 Å². The monoisotopic (exact) mass is 424 g/mol. The van der Waals surface area contributed by atoms with Gasteiger partial charge in [-0.05, 0) is 43.3 Å². The predicted molar refractivity (Wildman–Crippen MR) is 118 cm³/mol. The fraction of sp³-hybridized carbons (Fsp3) is 0.318. The van der Waals surface area contributed by atoms with Crippen molar-refractivity contribution in [1.29, 1.82) is 0 Å². The van der Waals surface area contributed by atoms with Crippen molar-refractivity contribution < 1.29 is 13.2 Å². The lowest BCUT2D eigenvalue weighted by molar-refractivity contribution is 0.310. The van der Waals surface area contributed by atoms with Crippen molar-refractivity contribution in [3.05, 3.63) is 54.4 Å². The van der Waals surface area contributed by atoms with Crippen LogP contribution in [0.1, 0.15) is 12.0 Å². The largest absolute Gasteiger partial charge is 0.490 e. The zero-order chi connectivity index (χ0) is 20.9. The number of nitrogens with zero attached hydrogens (tertiary/aromatic N) is 4. The van der Waals surface area contributed by atoms with Crippen molar-refractivity contribution in [2.45, 2.75) is 11.3 Å². The van der Waals surface area contributed by atoms with E-state index in [2.05, 4.69) is 27.9 Å². The number of hydrogen-bond donors (Lipinski definition) is 0. The summed E-state index contributed by atoms with van der Waals surface area (Å²) < 4.78 is 34.2. The van der Waals surface area contributed by atoms with E-state index >= 15 is 0 Å². The molecule has 0 bridgehead atoms. The first-order valence-corrected chi connectivity index (χ1v) is 11.5. The minimum Gasteiger partial charge on any atom is -0.490 e. The van der Waals surface area contributed by atoms with Gasteiger partial charge in [-0.2, -0.15) is 0 Å². The van der Waals surface area contributed by atoms with Crippen molar-refractivity contribution in [1.82, 2.24) is 13.9 Å². The first-order chi connectivity index (χ1) is 14.4. The molecular weight excluding hydrogens is 400 g/mol. The first kappa shape index (κ1) is 19.1. The van der Waals surface area contributed by atoms with Gasteiger partial charge >= 0.3 is 0 Å². The highest BCUT2D eigenvalue weighted by Crippen LogP contribution is 2.36. The summed E-state index contributed by atoms with van der Waals surface area (Å²) in [6.07, 6.45) is 6.40. The number of anilines is 1. The third kappa shape index (κ3) is 3.07. The average molecular weight is 425 g/mol. The van der Waals surface area contributed by atoms with Crippen LogP contribution in [-0.4, -0.2) is 62.6 Å². The molecule has 30 heavy (non-hydrogen) atoms. The number of rotatable bonds is 3. The number of likely N-dealkylation sites (N-methyl/N-ethyl adjacent to an activating group) is 2. The van der Waals surface area contributed by atoms with E-state index in [0.717, 1.165) is 48.3 Å². The molecule has 2 aliphatic rings. The molecule has 0 saturated carbocycles. The minimum atomic E-state index is -3.83. The molecule has 1 aromatic carbocycles. The molecule has 0 spiro atoms. The van der Waals surface area contributed by atoms with Crippen molar-refractivity contribution in [3.63, 3.8) is 0 Å². The molecule has 0 amide bonds. The van der Waals surface area contributed by atoms with E-state index in [0.29, 0.717) is 18.0 Å². The topological polar surface area (TPSA) is 67.7 Å². The molecular formula is C22H24N4O3S. The Kier molecular flexibility index (Phi) is 4.56. The van der Waals surface area contributed by atoms with Crippen molar-refractivity contribution in [3.8, 4) is 5.75 Å². The van der Waals surface area contributed by atoms with Gasteiger partial charge in [0.2, 0.25) is 0 Å². The molecule has 0 fully saturated rings. The quantitative estimate of drug-likeness (QED) is 0.644. The molecule has 3 aromatic rings. The molecule has 4 heterocycles. The number of fused-ring (bicyclic) bond motifs is 2. The normalized spacial score (nSPS) is 17.5. The number of ether oxygens (including phenoxy) is 1. The zero-order valence-corrected chi connectivity index (χ0v) is 17.9. The third-order valence-corrected chi connectivity index (χ3v) is 7.52. The smallest absolute Gasteiger partial charge is 0.269 e. The molecule has 5 rings (SSSR count). The molecule has 0 N–H and O–H groups in total. The van der Waals surface area contributed by atoms with Gasteiger partial charge in [0.15, 0.2) is 5.65 Å². The Morgan fingerprint density at radius 1 is 1.13 bits per heavy atom. The lowest BCUT2D eigenvalue weighted by Gasteiger charge is -2.27. The van der Waals surface area contributed by atoms with Crippen LogP contribution in [0.4, 0.5) is 5.69 Å². The van der Waals surface area contributed by atoms with Gasteiger partial charge < -0.3 is 14.5 Å². The third-order valence-electron chi connectivity index (χ3n) is 5.87. The van der Waals surface area contributed by atoms with Crippen LogP contribution >= 0.6 is 0 Å². The maximum Gasteiger partial charge on any atom is 0.269 e. The summed E-state index contributed by atoms with van der Waals surface area (Å²) in [6.45, 7) is 3.11. The second-order valence-electron chi connectivity index (χ2n) is 7.86. The highest BCUT2D eigenvalue weighted by molar-refractivity contribution is 7.90. The van der Waals surface area contributed by atoms with Crippen LogP contribution in [0, 0.1) is 0 Å². The predicted octanol–water partition coefficient (Wildman–Crippen LogP) is 2.82. The summed E-state index contributed by atoms with van der Waals surface area (Å²) in [5.74, 6) is 0.590. The summed E-state index contributed by atoms with van der Waals surface area (Å²) in [5.41, 5.74) is 3.44. The highest BCUT2D eigenvalue weighted by Gasteiger charge is 2.26. The van der Waals surface area contributed by atoms with E-state index in [1.54, 1.807) is 30.6 Å². The van der Waals surface area contributed by atoms with Gasteiger partial charge in [-0.15, -0.1) is 0 Å². The molecule has 0 aliphatic carbocycles. The van der Waals surface area contributed by atoms with E-state index in [4.69, 9.17) is 4.74 Å². The van der Waals surface area contributed by atoms with Crippen LogP contribution in [0.5, 0.6) is 5.75 Å². The van der Waals surface area contributed by atoms with Gasteiger partial charge in [0, 0.05) is 49.5 Å². The van der Waals surface area contributed by atoms with E-state index in [1.807, 2.05) is 19.2 Å². The number of pyridine rings is 1. The molecule has 7 nitrogen and oxygen atoms in total. The second-order valence-corrected chi connectivity index (χ2v) is 9.67. The van der Waals surface area contributed by atoms with Gasteiger partial charge in [0.25, 0.3) is 10.0 Å². The fourth-order valence-electron chi connectivity index (χ4n) is 4.10. The lowest BCUT2D eigenvalue weighted by atomic mass is 10.00. The fourth-order valence-corrected chi connectivity index (χ4v) is 5.44. The molecule has 0 radical (unpaired) electrons. The van der Waals surface area contributed by atoms with Crippen molar-refractivity contribution in [2.24, 2.45) is 0 Å². The van der Waals surface area contributed by atoms with Gasteiger partial charge in [-0.3, -0.25) is 0 Å². The summed E-state index contributed by atoms with van der Waals surface area (Å²) >= 11 is 0. The maximum absolute atomic E-state index is 13.6. The molecule has 0 atom stereocenters. The number of benzene rings is 1. The van der Waals surface area contributed by atoms with Crippen LogP contribution in [0.3, 0.4) is 0 Å². The Hall–Kier alpha value is -2.84. The van der Waals surface area contributed by atoms with Gasteiger partial charge in [0.1, 0.15) is 12.4 Å². The summed E-state index contributed by atoms with van der Waals surface area (Å²) in [4.78, 5) is 8.91. The second kappa shape index (κ2) is 7.14. The summed E-state index contributed by atoms with van der Waals surface area (Å²) in [5, 5.41) is 0.853. The Balaban J connectivity index is 1.64. The van der Waals surface area contributed by atoms with E-state index < -0.39 is 10.0 Å². The first-order valence-electron chi connectivity index (χ1n) is 10.0. The SMILES string of the molecule is CN1CC=C(c2cn(S(=O)(=O)c3ccc4c(c3)OCCN4C)c3ncccc23)CC1. The van der Waals surface area contributed by atoms with Gasteiger partial charge in [-0.25, -0.2) is 17.4 Å². The van der Waals surface area contributed by atoms with Crippen molar-refractivity contribution in [2.75, 3.05) is 45.2 Å². The summed E-state index contributed by atoms with van der Waals surface area (Å²) in [7, 11) is 0.227. The standard InChI is InChI=1S/C22H24N4O3S/c1-24-10-7-16(8-11-24)19-15-26(22-18(19)4-3-9-23-22)30(27,28)17-5-6-20-21(14-17)29-13-12-25(20)2/h3-7,9,14-15H,8,10-13H2,1-2H3. The van der Waals surface area contributed by atoms with Gasteiger partial charge in [-0.1, -0.05) is 6.08 Å². The van der Waals surface area contributed by atoms with E-state index in [9.17, 15) is 8.42 Å². The average Bonchev–Trinajstić information content (AvgIpc) is 3.15. The van der Waals surface area contributed by atoms with Crippen LogP contribution in [0.25, 0.3) is 16.6 Å². The lowest BCUT2D eigenvalue weighted by Crippen LogP contribution is -2.29. The highest BCUT2D eigenvalue weighted by atomic mass is 32.2. The molecule has 0 unspecified atom stereocenters. The number of aromatic nitrogens is 2. The zero-order valence-electron chi connectivity index (χ0n) is 17.1. The minimum absolute atomic E-state index is 0.197. The van der Waals surface area contributed by atoms with Crippen LogP contribution in [-0.2, 0) is 10.0 Å². The maximum atomic E-state index is 13.6. The van der Waals surface area contributed by atoms with E-state index in [1.165, 1.54) is 3.97 Å². The summed E-state index contributed by atoms with van der Waals surface area (Å²) in [6, 6.07) is 8.85. The van der Waals surface area contributed by atoms with Gasteiger partial charge in [0.05, 0.1) is 17.1 Å². The molecule has 0 saturated heterocycles. The Labute approximate surface area is 176 Å². The Morgan fingerprint density at radius 2 is 2.00 bits per heavy atom. The van der Waals surface area contributed by atoms with Crippen molar-refractivity contribution >= 4 is 32.3 Å². The Morgan fingerprint density at radius 3 is 2.80 bits per heavy atom. The Bertz CT molecular complexity index is 1260. The molecule has 2 aromatic heterocycles. The van der Waals surface area contributed by atoms with Crippen LogP contribution < -0.4 is 9.64 Å². The molecule has 2 aliphatic heterocycles. The molecule has 8 heteroatoms. The molecule has 156 valence electrons. The van der Waals surface area contributed by atoms with E-state index in [-0.39, 0.29) is 4.90 Å². The number of hydrogen-bond acceptors (Lipinski definition) is 6. The van der Waals surface area contributed by atoms with Crippen LogP contribution in [0.15, 0.2) is 53.7 Å².